The zero-order chi connectivity index (χ0) is 12.2. The second-order valence-corrected chi connectivity index (χ2v) is 3.91. The van der Waals surface area contributed by atoms with E-state index < -0.39 is 0 Å². The molecule has 0 aliphatic carbocycles. The van der Waals surface area contributed by atoms with Crippen LogP contribution < -0.4 is 0 Å². The molecule has 0 saturated heterocycles. The van der Waals surface area contributed by atoms with Crippen LogP contribution in [0.4, 0.5) is 0 Å². The Labute approximate surface area is 93.8 Å². The van der Waals surface area contributed by atoms with Gasteiger partial charge in [-0.25, -0.2) is 0 Å². The predicted octanol–water partition coefficient (Wildman–Crippen LogP) is 1.73. The summed E-state index contributed by atoms with van der Waals surface area (Å²) < 4.78 is 19.5. The average molecular weight is 222 g/mol. The molecule has 0 aromatic heterocycles. The predicted molar refractivity (Wildman–Crippen MR) is 61.3 cm³/mol. The number of methoxy groups -OCH3 is 3. The summed E-state index contributed by atoms with van der Waals surface area (Å²) in [6.07, 6.45) is 0. The second-order valence-electron chi connectivity index (χ2n) is 3.91. The monoisotopic (exact) mass is 222 g/mol. The number of hydrogen-bond acceptors (Lipinski definition) is 4. The highest BCUT2D eigenvalue weighted by Gasteiger charge is 2.03. The van der Waals surface area contributed by atoms with E-state index in [2.05, 4.69) is 0 Å². The molecule has 15 heavy (non-hydrogen) atoms. The molecular formula is C11H26O4. The van der Waals surface area contributed by atoms with Gasteiger partial charge in [-0.15, -0.1) is 0 Å². The lowest BCUT2D eigenvalue weighted by Crippen LogP contribution is -2.15. The minimum Gasteiger partial charge on any atom is -0.382 e. The van der Waals surface area contributed by atoms with Crippen molar-refractivity contribution in [1.82, 2.24) is 0 Å². The zero-order valence-corrected chi connectivity index (χ0v) is 11.0. The fourth-order valence-electron chi connectivity index (χ4n) is 0.387. The molecule has 0 fully saturated rings. The summed E-state index contributed by atoms with van der Waals surface area (Å²) >= 11 is 0. The number of ether oxygens (including phenoxy) is 4. The maximum absolute atomic E-state index is 5.06. The molecule has 0 aliphatic heterocycles. The van der Waals surface area contributed by atoms with Crippen molar-refractivity contribution in [3.63, 3.8) is 0 Å². The van der Waals surface area contributed by atoms with Gasteiger partial charge in [0.1, 0.15) is 0 Å². The summed E-state index contributed by atoms with van der Waals surface area (Å²) in [5.74, 6) is 0. The molecule has 0 unspecified atom stereocenters. The smallest absolute Gasteiger partial charge is 0.0701 e. The first-order chi connectivity index (χ1) is 6.97. The first kappa shape index (κ1) is 17.2. The van der Waals surface area contributed by atoms with Crippen LogP contribution in [-0.4, -0.2) is 53.4 Å². The van der Waals surface area contributed by atoms with Gasteiger partial charge in [0.2, 0.25) is 0 Å². The molecule has 0 aromatic carbocycles. The molecule has 0 atom stereocenters. The summed E-state index contributed by atoms with van der Waals surface area (Å²) in [5.41, 5.74) is 0.0417. The quantitative estimate of drug-likeness (QED) is 0.641. The van der Waals surface area contributed by atoms with Gasteiger partial charge in [-0.2, -0.15) is 0 Å². The van der Waals surface area contributed by atoms with E-state index in [4.69, 9.17) is 18.9 Å². The fraction of sp³-hybridized carbons (Fsp3) is 1.00. The summed E-state index contributed by atoms with van der Waals surface area (Å²) in [6, 6.07) is 0. The maximum atomic E-state index is 5.06. The normalized spacial score (nSPS) is 10.8. The zero-order valence-electron chi connectivity index (χ0n) is 11.0. The Balaban J connectivity index is 0. The average Bonchev–Trinajstić information content (AvgIpc) is 2.18. The standard InChI is InChI=1S/C6H14O3.C5H12O/c1-7-3-5-9-6-4-8-2;1-5(2,3)6-4/h3-6H2,1-2H3;1-4H3. The third kappa shape index (κ3) is 24.8. The minimum absolute atomic E-state index is 0.0417. The van der Waals surface area contributed by atoms with Crippen molar-refractivity contribution >= 4 is 0 Å². The molecule has 4 nitrogen and oxygen atoms in total. The molecule has 0 heterocycles. The van der Waals surface area contributed by atoms with Crippen LogP contribution in [0.15, 0.2) is 0 Å². The summed E-state index contributed by atoms with van der Waals surface area (Å²) in [7, 11) is 5.01. The van der Waals surface area contributed by atoms with E-state index in [1.165, 1.54) is 0 Å². The molecule has 0 N–H and O–H groups in total. The molecule has 0 radical (unpaired) electrons. The first-order valence-electron chi connectivity index (χ1n) is 5.08. The highest BCUT2D eigenvalue weighted by Crippen LogP contribution is 2.02. The summed E-state index contributed by atoms with van der Waals surface area (Å²) in [4.78, 5) is 0. The molecule has 4 heteroatoms. The van der Waals surface area contributed by atoms with Crippen molar-refractivity contribution in [2.24, 2.45) is 0 Å². The maximum Gasteiger partial charge on any atom is 0.0701 e. The lowest BCUT2D eigenvalue weighted by atomic mass is 10.2. The van der Waals surface area contributed by atoms with Crippen LogP contribution in [0.1, 0.15) is 20.8 Å². The Bertz CT molecular complexity index is 104. The van der Waals surface area contributed by atoms with Crippen LogP contribution in [0.2, 0.25) is 0 Å². The fourth-order valence-corrected chi connectivity index (χ4v) is 0.387. The minimum atomic E-state index is 0.0417. The molecule has 0 amide bonds. The molecule has 94 valence electrons. The largest absolute Gasteiger partial charge is 0.382 e. The Morgan fingerprint density at radius 1 is 0.733 bits per heavy atom. The van der Waals surface area contributed by atoms with Gasteiger partial charge in [-0.05, 0) is 20.8 Å². The van der Waals surface area contributed by atoms with Crippen LogP contribution in [-0.2, 0) is 18.9 Å². The second kappa shape index (κ2) is 11.9. The van der Waals surface area contributed by atoms with Gasteiger partial charge >= 0.3 is 0 Å². The Kier molecular flexibility index (Phi) is 13.7. The Hall–Kier alpha value is -0.160. The summed E-state index contributed by atoms with van der Waals surface area (Å²) in [5, 5.41) is 0. The molecule has 0 aliphatic rings. The van der Waals surface area contributed by atoms with E-state index in [1.807, 2.05) is 20.8 Å². The number of hydrogen-bond donors (Lipinski definition) is 0. The SMILES string of the molecule is COC(C)(C)C.COCCOCCOC. The van der Waals surface area contributed by atoms with Crippen molar-refractivity contribution in [1.29, 1.82) is 0 Å². The van der Waals surface area contributed by atoms with Gasteiger partial charge in [0.15, 0.2) is 0 Å². The van der Waals surface area contributed by atoms with Crippen molar-refractivity contribution in [3.05, 3.63) is 0 Å². The summed E-state index contributed by atoms with van der Waals surface area (Å²) in [6.45, 7) is 8.68. The molecule has 0 rings (SSSR count). The van der Waals surface area contributed by atoms with Crippen LogP contribution in [0.25, 0.3) is 0 Å². The van der Waals surface area contributed by atoms with Crippen molar-refractivity contribution in [2.75, 3.05) is 47.8 Å². The van der Waals surface area contributed by atoms with E-state index in [1.54, 1.807) is 21.3 Å². The lowest BCUT2D eigenvalue weighted by molar-refractivity contribution is 0.0385. The first-order valence-corrected chi connectivity index (χ1v) is 5.08. The van der Waals surface area contributed by atoms with Crippen molar-refractivity contribution in [3.8, 4) is 0 Å². The third-order valence-corrected chi connectivity index (χ3v) is 1.48. The van der Waals surface area contributed by atoms with Gasteiger partial charge < -0.3 is 18.9 Å². The van der Waals surface area contributed by atoms with Crippen molar-refractivity contribution < 1.29 is 18.9 Å². The van der Waals surface area contributed by atoms with Crippen LogP contribution in [0.3, 0.4) is 0 Å². The van der Waals surface area contributed by atoms with E-state index in [-0.39, 0.29) is 5.60 Å². The topological polar surface area (TPSA) is 36.9 Å². The third-order valence-electron chi connectivity index (χ3n) is 1.48. The van der Waals surface area contributed by atoms with Gasteiger partial charge in [0.25, 0.3) is 0 Å². The van der Waals surface area contributed by atoms with Gasteiger partial charge in [0.05, 0.1) is 32.0 Å². The molecule has 0 spiro atoms. The van der Waals surface area contributed by atoms with Crippen LogP contribution in [0.5, 0.6) is 0 Å². The van der Waals surface area contributed by atoms with Gasteiger partial charge in [-0.3, -0.25) is 0 Å². The van der Waals surface area contributed by atoms with E-state index >= 15 is 0 Å². The van der Waals surface area contributed by atoms with E-state index in [9.17, 15) is 0 Å². The molecule has 0 aromatic rings. The van der Waals surface area contributed by atoms with Gasteiger partial charge in [-0.1, -0.05) is 0 Å². The van der Waals surface area contributed by atoms with Crippen LogP contribution >= 0.6 is 0 Å². The van der Waals surface area contributed by atoms with Gasteiger partial charge in [0, 0.05) is 21.3 Å². The number of rotatable bonds is 6. The van der Waals surface area contributed by atoms with Crippen LogP contribution in [0, 0.1) is 0 Å². The lowest BCUT2D eigenvalue weighted by Gasteiger charge is -2.14. The highest BCUT2D eigenvalue weighted by molar-refractivity contribution is 4.55. The molecular weight excluding hydrogens is 196 g/mol. The highest BCUT2D eigenvalue weighted by atomic mass is 16.5. The Morgan fingerprint density at radius 2 is 1.07 bits per heavy atom. The van der Waals surface area contributed by atoms with Crippen molar-refractivity contribution in [2.45, 2.75) is 26.4 Å². The van der Waals surface area contributed by atoms with E-state index in [0.717, 1.165) is 0 Å². The molecule has 0 bridgehead atoms. The van der Waals surface area contributed by atoms with E-state index in [0.29, 0.717) is 26.4 Å². The molecule has 0 saturated carbocycles. The Morgan fingerprint density at radius 3 is 1.27 bits per heavy atom.